The van der Waals surface area contributed by atoms with E-state index in [2.05, 4.69) is 22.2 Å². The Labute approximate surface area is 157 Å². The standard InChI is InChI=1S/C18H20BN5O3/c1-9-4-11-13(7-20-9)23(22-16(11)10(2)25)8-15(26)24-12(17(27)21-19)5-18(3)6-14(18)24/h4,7,12,14H,5-6,8H2,1-3H3,(H,21,27)/t12-,14+,18-/m0/s1. The molecule has 0 spiro atoms. The Kier molecular flexibility index (Phi) is 3.87. The number of nitrogens with zero attached hydrogens (tertiary/aromatic N) is 4. The molecular weight excluding hydrogens is 345 g/mol. The van der Waals surface area contributed by atoms with Gasteiger partial charge in [-0.05, 0) is 31.2 Å². The Morgan fingerprint density at radius 3 is 2.78 bits per heavy atom. The third-order valence-corrected chi connectivity index (χ3v) is 5.76. The van der Waals surface area contributed by atoms with Crippen molar-refractivity contribution in [2.45, 2.75) is 52.2 Å². The molecule has 1 N–H and O–H groups in total. The van der Waals surface area contributed by atoms with Gasteiger partial charge in [0.1, 0.15) is 18.3 Å². The maximum atomic E-state index is 13.1. The van der Waals surface area contributed by atoms with Crippen LogP contribution in [0.3, 0.4) is 0 Å². The van der Waals surface area contributed by atoms with Gasteiger partial charge in [-0.3, -0.25) is 24.0 Å². The van der Waals surface area contributed by atoms with E-state index >= 15 is 0 Å². The van der Waals surface area contributed by atoms with Crippen LogP contribution in [-0.4, -0.2) is 57.3 Å². The van der Waals surface area contributed by atoms with Crippen LogP contribution >= 0.6 is 0 Å². The summed E-state index contributed by atoms with van der Waals surface area (Å²) in [5.41, 5.74) is 1.68. The number of pyridine rings is 1. The quantitative estimate of drug-likeness (QED) is 0.630. The topological polar surface area (TPSA) is 97.2 Å². The van der Waals surface area contributed by atoms with Crippen molar-refractivity contribution < 1.29 is 14.4 Å². The molecule has 1 aliphatic heterocycles. The fourth-order valence-corrected chi connectivity index (χ4v) is 4.22. The number of Topliss-reactive ketones (excluding diaryl/α,β-unsaturated/α-hetero) is 1. The van der Waals surface area contributed by atoms with Gasteiger partial charge in [-0.15, -0.1) is 0 Å². The van der Waals surface area contributed by atoms with Gasteiger partial charge in [0.15, 0.2) is 5.78 Å². The number of hydrogen-bond acceptors (Lipinski definition) is 5. The maximum Gasteiger partial charge on any atom is 0.245 e. The van der Waals surface area contributed by atoms with Crippen LogP contribution < -0.4 is 5.23 Å². The van der Waals surface area contributed by atoms with Gasteiger partial charge in [-0.25, -0.2) is 0 Å². The molecule has 9 heteroatoms. The third kappa shape index (κ3) is 2.72. The lowest BCUT2D eigenvalue weighted by atomic mass is 10.0. The van der Waals surface area contributed by atoms with E-state index in [9.17, 15) is 14.4 Å². The molecule has 0 bridgehead atoms. The van der Waals surface area contributed by atoms with E-state index in [1.807, 2.05) is 6.92 Å². The molecule has 27 heavy (non-hydrogen) atoms. The number of aromatic nitrogens is 3. The number of hydrogen-bond donors (Lipinski definition) is 1. The van der Waals surface area contributed by atoms with Crippen LogP contribution in [0.4, 0.5) is 0 Å². The van der Waals surface area contributed by atoms with E-state index in [1.54, 1.807) is 17.2 Å². The monoisotopic (exact) mass is 365 g/mol. The molecule has 138 valence electrons. The molecule has 2 aromatic heterocycles. The lowest BCUT2D eigenvalue weighted by Crippen LogP contribution is -2.48. The lowest BCUT2D eigenvalue weighted by Gasteiger charge is -2.26. The fraction of sp³-hybridized carbons (Fsp3) is 0.500. The van der Waals surface area contributed by atoms with Gasteiger partial charge in [0.05, 0.1) is 11.7 Å². The summed E-state index contributed by atoms with van der Waals surface area (Å²) in [6.45, 7) is 5.29. The molecule has 4 rings (SSSR count). The smallest absolute Gasteiger partial charge is 0.245 e. The summed E-state index contributed by atoms with van der Waals surface area (Å²) in [7, 11) is 5.29. The van der Waals surface area contributed by atoms with Crippen molar-refractivity contribution >= 4 is 36.5 Å². The number of carbonyl (C=O) groups is 3. The number of fused-ring (bicyclic) bond motifs is 2. The number of ketones is 1. The summed E-state index contributed by atoms with van der Waals surface area (Å²) in [5, 5.41) is 7.18. The Hall–Kier alpha value is -2.71. The van der Waals surface area contributed by atoms with E-state index in [1.165, 1.54) is 11.6 Å². The van der Waals surface area contributed by atoms with Gasteiger partial charge in [0.25, 0.3) is 0 Å². The first kappa shape index (κ1) is 17.7. The molecule has 8 nitrogen and oxygen atoms in total. The summed E-state index contributed by atoms with van der Waals surface area (Å²) in [6, 6.07) is 1.26. The van der Waals surface area contributed by atoms with E-state index in [-0.39, 0.29) is 35.6 Å². The number of rotatable bonds is 4. The minimum absolute atomic E-state index is 0.0256. The Bertz CT molecular complexity index is 987. The van der Waals surface area contributed by atoms with Crippen LogP contribution in [0.25, 0.3) is 10.9 Å². The molecule has 3 atom stereocenters. The van der Waals surface area contributed by atoms with Gasteiger partial charge < -0.3 is 10.1 Å². The highest BCUT2D eigenvalue weighted by Gasteiger charge is 2.64. The number of likely N-dealkylation sites (tertiary alicyclic amines) is 1. The Morgan fingerprint density at radius 2 is 2.11 bits per heavy atom. The minimum atomic E-state index is -0.569. The highest BCUT2D eigenvalue weighted by Crippen LogP contribution is 2.59. The van der Waals surface area contributed by atoms with E-state index in [4.69, 9.17) is 7.98 Å². The molecule has 2 aromatic rings. The van der Waals surface area contributed by atoms with E-state index in [0.717, 1.165) is 12.1 Å². The molecule has 2 fully saturated rings. The number of piperidine rings is 1. The van der Waals surface area contributed by atoms with Crippen molar-refractivity contribution in [2.24, 2.45) is 5.41 Å². The van der Waals surface area contributed by atoms with Gasteiger partial charge >= 0.3 is 0 Å². The van der Waals surface area contributed by atoms with Crippen molar-refractivity contribution in [3.05, 3.63) is 23.7 Å². The van der Waals surface area contributed by atoms with Gasteiger partial charge in [0, 0.05) is 24.0 Å². The van der Waals surface area contributed by atoms with Crippen LogP contribution in [0.2, 0.25) is 0 Å². The van der Waals surface area contributed by atoms with Crippen LogP contribution in [0.15, 0.2) is 12.3 Å². The molecule has 3 heterocycles. The normalized spacial score (nSPS) is 26.1. The van der Waals surface area contributed by atoms with Crippen molar-refractivity contribution in [1.82, 2.24) is 24.9 Å². The summed E-state index contributed by atoms with van der Waals surface area (Å²) in [5.74, 6) is -0.744. The SMILES string of the molecule is [B]NC(=O)[C@@H]1C[C@@]2(C)C[C@H]2N1C(=O)Cn1nc(C(C)=O)c2cc(C)ncc21. The summed E-state index contributed by atoms with van der Waals surface area (Å²) in [6.07, 6.45) is 3.10. The van der Waals surface area contributed by atoms with E-state index < -0.39 is 6.04 Å². The number of nitrogens with one attached hydrogen (secondary N) is 1. The fourth-order valence-electron chi connectivity index (χ4n) is 4.22. The average Bonchev–Trinajstić information content (AvgIpc) is 2.99. The number of carbonyl (C=O) groups excluding carboxylic acids is 3. The number of aryl methyl sites for hydroxylation is 1. The molecule has 0 unspecified atom stereocenters. The zero-order valence-corrected chi connectivity index (χ0v) is 15.5. The predicted molar refractivity (Wildman–Crippen MR) is 97.9 cm³/mol. The average molecular weight is 365 g/mol. The molecule has 2 aliphatic rings. The first-order valence-electron chi connectivity index (χ1n) is 8.91. The van der Waals surface area contributed by atoms with Crippen LogP contribution in [-0.2, 0) is 16.1 Å². The first-order chi connectivity index (χ1) is 12.7. The highest BCUT2D eigenvalue weighted by atomic mass is 16.2. The van der Waals surface area contributed by atoms with Gasteiger partial charge in [0.2, 0.25) is 19.8 Å². The van der Waals surface area contributed by atoms with Crippen molar-refractivity contribution in [3.63, 3.8) is 0 Å². The second-order valence-electron chi connectivity index (χ2n) is 7.81. The Balaban J connectivity index is 1.67. The van der Waals surface area contributed by atoms with Gasteiger partial charge in [-0.1, -0.05) is 6.92 Å². The first-order valence-corrected chi connectivity index (χ1v) is 8.91. The van der Waals surface area contributed by atoms with E-state index in [0.29, 0.717) is 23.0 Å². The van der Waals surface area contributed by atoms with Crippen LogP contribution in [0.5, 0.6) is 0 Å². The lowest BCUT2D eigenvalue weighted by molar-refractivity contribution is -0.139. The molecular formula is C18H20BN5O3. The second-order valence-corrected chi connectivity index (χ2v) is 7.81. The zero-order chi connectivity index (χ0) is 19.5. The Morgan fingerprint density at radius 1 is 1.37 bits per heavy atom. The molecule has 1 saturated carbocycles. The summed E-state index contributed by atoms with van der Waals surface area (Å²) >= 11 is 0. The highest BCUT2D eigenvalue weighted by molar-refractivity contribution is 6.15. The van der Waals surface area contributed by atoms with Crippen molar-refractivity contribution in [1.29, 1.82) is 0 Å². The molecule has 2 amide bonds. The molecule has 1 saturated heterocycles. The molecule has 2 radical (unpaired) electrons. The zero-order valence-electron chi connectivity index (χ0n) is 15.5. The minimum Gasteiger partial charge on any atom is -0.407 e. The maximum absolute atomic E-state index is 13.1. The second kappa shape index (κ2) is 5.90. The summed E-state index contributed by atoms with van der Waals surface area (Å²) in [4.78, 5) is 43.0. The molecule has 0 aromatic carbocycles. The third-order valence-electron chi connectivity index (χ3n) is 5.76. The molecule has 1 aliphatic carbocycles. The predicted octanol–water partition coefficient (Wildman–Crippen LogP) is 0.522. The number of amides is 2. The van der Waals surface area contributed by atoms with Gasteiger partial charge in [-0.2, -0.15) is 5.10 Å². The largest absolute Gasteiger partial charge is 0.407 e. The van der Waals surface area contributed by atoms with Crippen molar-refractivity contribution in [3.8, 4) is 0 Å². The van der Waals surface area contributed by atoms with Crippen LogP contribution in [0, 0.1) is 12.3 Å². The van der Waals surface area contributed by atoms with Crippen molar-refractivity contribution in [2.75, 3.05) is 0 Å². The van der Waals surface area contributed by atoms with Crippen LogP contribution in [0.1, 0.15) is 42.9 Å². The summed E-state index contributed by atoms with van der Waals surface area (Å²) < 4.78 is 1.50.